The third-order valence-corrected chi connectivity index (χ3v) is 3.70. The minimum absolute atomic E-state index is 0.728. The van der Waals surface area contributed by atoms with Gasteiger partial charge in [0.15, 0.2) is 0 Å². The molecule has 0 radical (unpaired) electrons. The molecule has 0 aromatic carbocycles. The molecule has 0 unspecified atom stereocenters. The summed E-state index contributed by atoms with van der Waals surface area (Å²) in [4.78, 5) is 2.13. The number of rotatable bonds is 17. The molecule has 0 amide bonds. The van der Waals surface area contributed by atoms with Crippen LogP contribution in [0.25, 0.3) is 0 Å². The van der Waals surface area contributed by atoms with Crippen LogP contribution in [0.1, 0.15) is 71.1 Å². The topological polar surface area (TPSA) is 21.7 Å². The van der Waals surface area contributed by atoms with Crippen LogP contribution in [-0.4, -0.2) is 52.0 Å². The van der Waals surface area contributed by atoms with Crippen molar-refractivity contribution >= 4 is 0 Å². The summed E-state index contributed by atoms with van der Waals surface area (Å²) in [6.45, 7) is 6.43. The summed E-state index contributed by atoms with van der Waals surface area (Å²) in [5, 5.41) is 0. The molecule has 3 nitrogen and oxygen atoms in total. The van der Waals surface area contributed by atoms with Crippen LogP contribution in [0.3, 0.4) is 0 Å². The molecule has 0 fully saturated rings. The summed E-state index contributed by atoms with van der Waals surface area (Å²) >= 11 is 0. The number of ether oxygens (including phenoxy) is 2. The van der Waals surface area contributed by atoms with Gasteiger partial charge in [0.2, 0.25) is 0 Å². The van der Waals surface area contributed by atoms with Crippen LogP contribution in [0.15, 0.2) is 0 Å². The molecule has 0 rings (SSSR count). The van der Waals surface area contributed by atoms with Crippen molar-refractivity contribution in [3.8, 4) is 0 Å². The molecule has 0 saturated carbocycles. The predicted octanol–water partition coefficient (Wildman–Crippen LogP) is 4.50. The van der Waals surface area contributed by atoms with Gasteiger partial charge in [0, 0.05) is 13.2 Å². The molecule has 0 aromatic rings. The van der Waals surface area contributed by atoms with Gasteiger partial charge in [-0.3, -0.25) is 0 Å². The molecule has 0 heterocycles. The van der Waals surface area contributed by atoms with Gasteiger partial charge < -0.3 is 14.4 Å². The molecule has 0 bridgehead atoms. The summed E-state index contributed by atoms with van der Waals surface area (Å²) < 4.78 is 11.1. The second kappa shape index (κ2) is 17.9. The van der Waals surface area contributed by atoms with E-state index in [-0.39, 0.29) is 0 Å². The second-order valence-electron chi connectivity index (χ2n) is 6.21. The number of hydrogen-bond donors (Lipinski definition) is 0. The van der Waals surface area contributed by atoms with Crippen LogP contribution in [0.2, 0.25) is 0 Å². The molecule has 0 aliphatic rings. The van der Waals surface area contributed by atoms with Crippen molar-refractivity contribution < 1.29 is 9.47 Å². The zero-order valence-electron chi connectivity index (χ0n) is 14.9. The minimum Gasteiger partial charge on any atom is -0.379 e. The van der Waals surface area contributed by atoms with Gasteiger partial charge in [-0.15, -0.1) is 0 Å². The molecule has 0 aromatic heterocycles. The highest BCUT2D eigenvalue weighted by Gasteiger charge is 1.94. The van der Waals surface area contributed by atoms with E-state index in [1.807, 2.05) is 0 Å². The lowest BCUT2D eigenvalue weighted by molar-refractivity contribution is 0.0414. The monoisotopic (exact) mass is 301 g/mol. The Bertz CT molecular complexity index is 186. The lowest BCUT2D eigenvalue weighted by atomic mass is 10.1. The summed E-state index contributed by atoms with van der Waals surface area (Å²) in [7, 11) is 4.12. The lowest BCUT2D eigenvalue weighted by Crippen LogP contribution is -2.19. The molecule has 0 atom stereocenters. The van der Waals surface area contributed by atoms with Gasteiger partial charge in [0.1, 0.15) is 0 Å². The Balaban J connectivity index is 2.93. The minimum atomic E-state index is 0.728. The maximum Gasteiger partial charge on any atom is 0.0701 e. The summed E-state index contributed by atoms with van der Waals surface area (Å²) in [5.74, 6) is 0. The molecule has 0 spiro atoms. The largest absolute Gasteiger partial charge is 0.379 e. The van der Waals surface area contributed by atoms with Crippen molar-refractivity contribution in [3.63, 3.8) is 0 Å². The summed E-state index contributed by atoms with van der Waals surface area (Å²) in [6, 6.07) is 0. The fourth-order valence-corrected chi connectivity index (χ4v) is 2.26. The first-order valence-electron chi connectivity index (χ1n) is 9.07. The van der Waals surface area contributed by atoms with Gasteiger partial charge >= 0.3 is 0 Å². The third kappa shape index (κ3) is 19.9. The Kier molecular flexibility index (Phi) is 17.8. The highest BCUT2D eigenvalue weighted by molar-refractivity contribution is 4.47. The first kappa shape index (κ1) is 20.9. The SMILES string of the molecule is CCCCCCCCCCCCOCCOCCN(C)C. The van der Waals surface area contributed by atoms with Gasteiger partial charge in [0.05, 0.1) is 19.8 Å². The molecule has 21 heavy (non-hydrogen) atoms. The zero-order chi connectivity index (χ0) is 15.6. The van der Waals surface area contributed by atoms with Gasteiger partial charge in [-0.05, 0) is 20.5 Å². The molecule has 128 valence electrons. The fourth-order valence-electron chi connectivity index (χ4n) is 2.26. The van der Waals surface area contributed by atoms with E-state index in [1.54, 1.807) is 0 Å². The highest BCUT2D eigenvalue weighted by Crippen LogP contribution is 2.10. The van der Waals surface area contributed by atoms with Crippen molar-refractivity contribution in [2.75, 3.05) is 47.1 Å². The van der Waals surface area contributed by atoms with Crippen LogP contribution < -0.4 is 0 Å². The Morgan fingerprint density at radius 1 is 0.571 bits per heavy atom. The molecule has 0 aliphatic heterocycles. The average Bonchev–Trinajstić information content (AvgIpc) is 2.46. The Hall–Kier alpha value is -0.120. The van der Waals surface area contributed by atoms with E-state index in [4.69, 9.17) is 9.47 Å². The molecule has 0 N–H and O–H groups in total. The number of unbranched alkanes of at least 4 members (excludes halogenated alkanes) is 9. The van der Waals surface area contributed by atoms with Crippen molar-refractivity contribution in [3.05, 3.63) is 0 Å². The number of likely N-dealkylation sites (N-methyl/N-ethyl adjacent to an activating group) is 1. The first-order valence-corrected chi connectivity index (χ1v) is 9.07. The number of nitrogens with zero attached hydrogens (tertiary/aromatic N) is 1. The van der Waals surface area contributed by atoms with Crippen molar-refractivity contribution in [1.82, 2.24) is 4.90 Å². The second-order valence-corrected chi connectivity index (χ2v) is 6.21. The van der Waals surface area contributed by atoms with Crippen LogP contribution >= 0.6 is 0 Å². The van der Waals surface area contributed by atoms with E-state index < -0.39 is 0 Å². The third-order valence-electron chi connectivity index (χ3n) is 3.70. The molecular weight excluding hydrogens is 262 g/mol. The van der Waals surface area contributed by atoms with Crippen LogP contribution in [0.4, 0.5) is 0 Å². The van der Waals surface area contributed by atoms with Gasteiger partial charge in [-0.1, -0.05) is 64.7 Å². The van der Waals surface area contributed by atoms with E-state index in [0.717, 1.165) is 33.0 Å². The highest BCUT2D eigenvalue weighted by atomic mass is 16.5. The predicted molar refractivity (Wildman–Crippen MR) is 92.0 cm³/mol. The van der Waals surface area contributed by atoms with Gasteiger partial charge in [-0.2, -0.15) is 0 Å². The molecular formula is C18H39NO2. The van der Waals surface area contributed by atoms with Gasteiger partial charge in [0.25, 0.3) is 0 Å². The maximum atomic E-state index is 5.57. The Labute approximate surface area is 133 Å². The Morgan fingerprint density at radius 3 is 1.57 bits per heavy atom. The molecule has 3 heteroatoms. The van der Waals surface area contributed by atoms with E-state index in [9.17, 15) is 0 Å². The van der Waals surface area contributed by atoms with Crippen molar-refractivity contribution in [1.29, 1.82) is 0 Å². The van der Waals surface area contributed by atoms with E-state index in [1.165, 1.54) is 64.2 Å². The van der Waals surface area contributed by atoms with Gasteiger partial charge in [-0.25, -0.2) is 0 Å². The van der Waals surface area contributed by atoms with Crippen LogP contribution in [-0.2, 0) is 9.47 Å². The first-order chi connectivity index (χ1) is 10.3. The van der Waals surface area contributed by atoms with E-state index in [2.05, 4.69) is 25.9 Å². The summed E-state index contributed by atoms with van der Waals surface area (Å²) in [5.41, 5.74) is 0. The maximum absolute atomic E-state index is 5.57. The molecule has 0 saturated heterocycles. The molecule has 0 aliphatic carbocycles. The lowest BCUT2D eigenvalue weighted by Gasteiger charge is -2.10. The van der Waals surface area contributed by atoms with Crippen molar-refractivity contribution in [2.45, 2.75) is 71.1 Å². The smallest absolute Gasteiger partial charge is 0.0701 e. The number of hydrogen-bond acceptors (Lipinski definition) is 3. The summed E-state index contributed by atoms with van der Waals surface area (Å²) in [6.07, 6.45) is 13.8. The fraction of sp³-hybridized carbons (Fsp3) is 1.00. The van der Waals surface area contributed by atoms with E-state index in [0.29, 0.717) is 0 Å². The zero-order valence-corrected chi connectivity index (χ0v) is 14.9. The standard InChI is InChI=1S/C18H39NO2/c1-4-5-6-7-8-9-10-11-12-13-15-20-17-18-21-16-14-19(2)3/h4-18H2,1-3H3. The Morgan fingerprint density at radius 2 is 1.05 bits per heavy atom. The van der Waals surface area contributed by atoms with E-state index >= 15 is 0 Å². The van der Waals surface area contributed by atoms with Crippen molar-refractivity contribution in [2.24, 2.45) is 0 Å². The van der Waals surface area contributed by atoms with Crippen LogP contribution in [0.5, 0.6) is 0 Å². The normalized spacial score (nSPS) is 11.4. The van der Waals surface area contributed by atoms with Crippen LogP contribution in [0, 0.1) is 0 Å². The average molecular weight is 302 g/mol. The quantitative estimate of drug-likeness (QED) is 0.369.